The summed E-state index contributed by atoms with van der Waals surface area (Å²) in [4.78, 5) is 12.1. The zero-order valence-electron chi connectivity index (χ0n) is 14.6. The van der Waals surface area contributed by atoms with Gasteiger partial charge in [0.25, 0.3) is 15.9 Å². The first-order valence-electron chi connectivity index (χ1n) is 7.89. The highest BCUT2D eigenvalue weighted by Crippen LogP contribution is 2.21. The highest BCUT2D eigenvalue weighted by molar-refractivity contribution is 7.92. The normalized spacial score (nSPS) is 11.0. The fourth-order valence-electron chi connectivity index (χ4n) is 2.25. The summed E-state index contributed by atoms with van der Waals surface area (Å²) < 4.78 is 37.3. The van der Waals surface area contributed by atoms with Crippen LogP contribution in [-0.2, 0) is 10.0 Å². The maximum Gasteiger partial charge on any atom is 0.294 e. The van der Waals surface area contributed by atoms with Gasteiger partial charge >= 0.3 is 0 Å². The van der Waals surface area contributed by atoms with Crippen LogP contribution in [0.2, 0.25) is 0 Å². The first kappa shape index (κ1) is 18.5. The van der Waals surface area contributed by atoms with Crippen LogP contribution in [0.5, 0.6) is 5.75 Å². The molecular weight excluding hydrogens is 370 g/mol. The molecule has 9 heteroatoms. The topological polar surface area (TPSA) is 111 Å². The molecule has 0 aliphatic carbocycles. The van der Waals surface area contributed by atoms with E-state index in [9.17, 15) is 13.2 Å². The molecule has 1 aromatic heterocycles. The van der Waals surface area contributed by atoms with Crippen molar-refractivity contribution >= 4 is 27.3 Å². The lowest BCUT2D eigenvalue weighted by Crippen LogP contribution is -2.14. The number of hydrogen-bond acceptors (Lipinski definition) is 6. The molecule has 0 unspecified atom stereocenters. The van der Waals surface area contributed by atoms with Crippen LogP contribution in [0, 0.1) is 6.92 Å². The van der Waals surface area contributed by atoms with Crippen LogP contribution in [0.15, 0.2) is 64.0 Å². The standard InChI is InChI=1S/C18H17N3O5S/c1-12-11-17(26-20-12)18(22)19-13-5-9-16(10-6-13)27(23,24)21-14-3-7-15(25-2)8-4-14/h3-11,21H,1-2H3,(H,19,22). The van der Waals surface area contributed by atoms with Crippen LogP contribution >= 0.6 is 0 Å². The average molecular weight is 387 g/mol. The Labute approximate surface area is 156 Å². The van der Waals surface area contributed by atoms with Gasteiger partial charge in [-0.15, -0.1) is 0 Å². The number of benzene rings is 2. The van der Waals surface area contributed by atoms with E-state index < -0.39 is 15.9 Å². The molecule has 0 bridgehead atoms. The van der Waals surface area contributed by atoms with Gasteiger partial charge < -0.3 is 14.6 Å². The molecule has 0 saturated carbocycles. The van der Waals surface area contributed by atoms with Crippen molar-refractivity contribution in [1.82, 2.24) is 5.16 Å². The largest absolute Gasteiger partial charge is 0.497 e. The van der Waals surface area contributed by atoms with E-state index in [2.05, 4.69) is 15.2 Å². The highest BCUT2D eigenvalue weighted by Gasteiger charge is 2.16. The van der Waals surface area contributed by atoms with Gasteiger partial charge in [0, 0.05) is 17.4 Å². The molecule has 1 amide bonds. The van der Waals surface area contributed by atoms with Crippen LogP contribution in [0.3, 0.4) is 0 Å². The first-order chi connectivity index (χ1) is 12.9. The number of nitrogens with zero attached hydrogens (tertiary/aromatic N) is 1. The number of aromatic nitrogens is 1. The lowest BCUT2D eigenvalue weighted by Gasteiger charge is -2.09. The van der Waals surface area contributed by atoms with Crippen molar-refractivity contribution in [2.24, 2.45) is 0 Å². The molecule has 0 spiro atoms. The smallest absolute Gasteiger partial charge is 0.294 e. The van der Waals surface area contributed by atoms with Crippen molar-refractivity contribution in [1.29, 1.82) is 0 Å². The van der Waals surface area contributed by atoms with Crippen LogP contribution in [-0.4, -0.2) is 26.6 Å². The number of anilines is 2. The molecule has 27 heavy (non-hydrogen) atoms. The molecule has 2 aromatic carbocycles. The Hall–Kier alpha value is -3.33. The van der Waals surface area contributed by atoms with Crippen LogP contribution in [0.1, 0.15) is 16.2 Å². The van der Waals surface area contributed by atoms with Crippen molar-refractivity contribution in [3.05, 3.63) is 66.1 Å². The molecule has 0 saturated heterocycles. The Bertz CT molecular complexity index is 1040. The summed E-state index contributed by atoms with van der Waals surface area (Å²) in [5.41, 5.74) is 1.43. The quantitative estimate of drug-likeness (QED) is 0.673. The second-order valence-corrected chi connectivity index (χ2v) is 7.33. The third kappa shape index (κ3) is 4.45. The van der Waals surface area contributed by atoms with E-state index in [1.165, 1.54) is 37.4 Å². The minimum atomic E-state index is -3.76. The monoisotopic (exact) mass is 387 g/mol. The SMILES string of the molecule is COc1ccc(NS(=O)(=O)c2ccc(NC(=O)c3cc(C)no3)cc2)cc1. The minimum absolute atomic E-state index is 0.0619. The zero-order valence-corrected chi connectivity index (χ0v) is 15.4. The van der Waals surface area contributed by atoms with Crippen molar-refractivity contribution in [2.45, 2.75) is 11.8 Å². The van der Waals surface area contributed by atoms with Gasteiger partial charge in [-0.2, -0.15) is 0 Å². The van der Waals surface area contributed by atoms with Crippen molar-refractivity contribution < 1.29 is 22.5 Å². The number of carbonyl (C=O) groups excluding carboxylic acids is 1. The Morgan fingerprint density at radius 2 is 1.67 bits per heavy atom. The van der Waals surface area contributed by atoms with Gasteiger partial charge in [-0.05, 0) is 55.5 Å². The Morgan fingerprint density at radius 1 is 1.04 bits per heavy atom. The van der Waals surface area contributed by atoms with E-state index >= 15 is 0 Å². The number of ether oxygens (including phenoxy) is 1. The van der Waals surface area contributed by atoms with Gasteiger partial charge in [-0.3, -0.25) is 9.52 Å². The number of methoxy groups -OCH3 is 1. The first-order valence-corrected chi connectivity index (χ1v) is 9.37. The number of sulfonamides is 1. The molecule has 8 nitrogen and oxygen atoms in total. The molecule has 0 radical (unpaired) electrons. The van der Waals surface area contributed by atoms with Crippen molar-refractivity contribution in [3.63, 3.8) is 0 Å². The van der Waals surface area contributed by atoms with Crippen molar-refractivity contribution in [3.8, 4) is 5.75 Å². The summed E-state index contributed by atoms with van der Waals surface area (Å²) in [7, 11) is -2.23. The van der Waals surface area contributed by atoms with Crippen LogP contribution in [0.25, 0.3) is 0 Å². The maximum absolute atomic E-state index is 12.5. The van der Waals surface area contributed by atoms with E-state index in [4.69, 9.17) is 9.26 Å². The number of carbonyl (C=O) groups is 1. The fraction of sp³-hybridized carbons (Fsp3) is 0.111. The molecule has 3 rings (SSSR count). The Kier molecular flexibility index (Phi) is 5.13. The molecular formula is C18H17N3O5S. The highest BCUT2D eigenvalue weighted by atomic mass is 32.2. The number of nitrogens with one attached hydrogen (secondary N) is 2. The van der Waals surface area contributed by atoms with E-state index in [1.807, 2.05) is 0 Å². The Morgan fingerprint density at radius 3 is 2.22 bits per heavy atom. The second-order valence-electron chi connectivity index (χ2n) is 5.65. The van der Waals surface area contributed by atoms with Crippen LogP contribution in [0.4, 0.5) is 11.4 Å². The summed E-state index contributed by atoms with van der Waals surface area (Å²) in [5, 5.41) is 6.26. The number of aryl methyl sites for hydroxylation is 1. The van der Waals surface area contributed by atoms with Gasteiger partial charge in [0.05, 0.1) is 17.7 Å². The lowest BCUT2D eigenvalue weighted by atomic mass is 10.3. The van der Waals surface area contributed by atoms with Crippen molar-refractivity contribution in [2.75, 3.05) is 17.1 Å². The molecule has 0 aliphatic heterocycles. The van der Waals surface area contributed by atoms with E-state index in [1.54, 1.807) is 31.2 Å². The molecule has 140 valence electrons. The predicted octanol–water partition coefficient (Wildman–Crippen LogP) is 3.04. The molecule has 0 aliphatic rings. The Balaban J connectivity index is 1.70. The van der Waals surface area contributed by atoms with Crippen LogP contribution < -0.4 is 14.8 Å². The van der Waals surface area contributed by atoms with Gasteiger partial charge in [0.15, 0.2) is 0 Å². The number of amides is 1. The van der Waals surface area contributed by atoms with E-state index in [-0.39, 0.29) is 10.7 Å². The maximum atomic E-state index is 12.5. The van der Waals surface area contributed by atoms with E-state index in [0.29, 0.717) is 22.8 Å². The second kappa shape index (κ2) is 7.50. The van der Waals surface area contributed by atoms with Gasteiger partial charge in [-0.1, -0.05) is 5.16 Å². The van der Waals surface area contributed by atoms with Gasteiger partial charge in [0.1, 0.15) is 5.75 Å². The molecule has 0 atom stereocenters. The number of hydrogen-bond donors (Lipinski definition) is 2. The molecule has 2 N–H and O–H groups in total. The predicted molar refractivity (Wildman–Crippen MR) is 99.4 cm³/mol. The third-order valence-corrected chi connectivity index (χ3v) is 5.01. The molecule has 0 fully saturated rings. The van der Waals surface area contributed by atoms with Gasteiger partial charge in [-0.25, -0.2) is 8.42 Å². The van der Waals surface area contributed by atoms with E-state index in [0.717, 1.165) is 0 Å². The summed E-state index contributed by atoms with van der Waals surface area (Å²) in [6.07, 6.45) is 0. The molecule has 3 aromatic rings. The molecule has 1 heterocycles. The summed E-state index contributed by atoms with van der Waals surface area (Å²) in [5.74, 6) is 0.230. The number of rotatable bonds is 6. The average Bonchev–Trinajstić information content (AvgIpc) is 3.09. The minimum Gasteiger partial charge on any atom is -0.497 e. The fourth-order valence-corrected chi connectivity index (χ4v) is 3.31. The lowest BCUT2D eigenvalue weighted by molar-refractivity contribution is 0.0988. The zero-order chi connectivity index (χ0) is 19.4. The summed E-state index contributed by atoms with van der Waals surface area (Å²) >= 11 is 0. The summed E-state index contributed by atoms with van der Waals surface area (Å²) in [6, 6.07) is 13.8. The summed E-state index contributed by atoms with van der Waals surface area (Å²) in [6.45, 7) is 1.70. The third-order valence-electron chi connectivity index (χ3n) is 3.62. The van der Waals surface area contributed by atoms with Gasteiger partial charge in [0.2, 0.25) is 5.76 Å².